The van der Waals surface area contributed by atoms with Crippen LogP contribution >= 0.6 is 0 Å². The summed E-state index contributed by atoms with van der Waals surface area (Å²) in [4.78, 5) is 11.1. The number of carbonyl (C=O) groups is 1. The summed E-state index contributed by atoms with van der Waals surface area (Å²) in [5.74, 6) is 0.0940. The second-order valence-electron chi connectivity index (χ2n) is 3.47. The summed E-state index contributed by atoms with van der Waals surface area (Å²) in [5.41, 5.74) is 5.41. The lowest BCUT2D eigenvalue weighted by Crippen LogP contribution is -2.33. The van der Waals surface area contributed by atoms with Gasteiger partial charge in [0.2, 0.25) is 0 Å². The lowest BCUT2D eigenvalue weighted by Gasteiger charge is -2.10. The van der Waals surface area contributed by atoms with Gasteiger partial charge in [0.15, 0.2) is 0 Å². The fraction of sp³-hybridized carbons (Fsp3) is 0.889. The second-order valence-corrected chi connectivity index (χ2v) is 3.47. The van der Waals surface area contributed by atoms with Crippen molar-refractivity contribution in [2.75, 3.05) is 13.2 Å². The molecule has 0 unspecified atom stereocenters. The first kappa shape index (κ1) is 12.4. The van der Waals surface area contributed by atoms with E-state index in [-0.39, 0.29) is 13.0 Å². The molecule has 78 valence electrons. The number of ether oxygens (including phenoxy) is 1. The third-order valence-electron chi connectivity index (χ3n) is 1.68. The van der Waals surface area contributed by atoms with Crippen LogP contribution in [0.2, 0.25) is 0 Å². The summed E-state index contributed by atoms with van der Waals surface area (Å²) in [6, 6.07) is -0.683. The highest BCUT2D eigenvalue weighted by atomic mass is 16.5. The van der Waals surface area contributed by atoms with E-state index in [2.05, 4.69) is 13.8 Å². The Morgan fingerprint density at radius 2 is 2.08 bits per heavy atom. The van der Waals surface area contributed by atoms with E-state index >= 15 is 0 Å². The van der Waals surface area contributed by atoms with E-state index < -0.39 is 12.0 Å². The summed E-state index contributed by atoms with van der Waals surface area (Å²) < 4.78 is 4.89. The smallest absolute Gasteiger partial charge is 0.322 e. The zero-order valence-electron chi connectivity index (χ0n) is 8.32. The van der Waals surface area contributed by atoms with Crippen molar-refractivity contribution in [3.05, 3.63) is 0 Å². The number of carbonyl (C=O) groups excluding carboxylic acids is 1. The number of hydrogen-bond donors (Lipinski definition) is 2. The Morgan fingerprint density at radius 1 is 1.46 bits per heavy atom. The van der Waals surface area contributed by atoms with Gasteiger partial charge >= 0.3 is 5.97 Å². The van der Waals surface area contributed by atoms with Crippen LogP contribution in [0.15, 0.2) is 0 Å². The Hall–Kier alpha value is -0.610. The van der Waals surface area contributed by atoms with Gasteiger partial charge in [-0.05, 0) is 18.8 Å². The molecule has 0 aliphatic carbocycles. The summed E-state index contributed by atoms with van der Waals surface area (Å²) >= 11 is 0. The van der Waals surface area contributed by atoms with E-state index in [9.17, 15) is 4.79 Å². The predicted molar refractivity (Wildman–Crippen MR) is 50.1 cm³/mol. The van der Waals surface area contributed by atoms with Crippen LogP contribution < -0.4 is 5.73 Å². The van der Waals surface area contributed by atoms with Crippen molar-refractivity contribution < 1.29 is 14.6 Å². The molecule has 0 rings (SSSR count). The van der Waals surface area contributed by atoms with Crippen LogP contribution in [0.3, 0.4) is 0 Å². The van der Waals surface area contributed by atoms with Crippen molar-refractivity contribution in [3.63, 3.8) is 0 Å². The molecule has 0 heterocycles. The van der Waals surface area contributed by atoms with Gasteiger partial charge in [0.1, 0.15) is 6.04 Å². The standard InChI is InChI=1S/C9H19NO3/c1-7(2)4-6-13-9(12)8(10)3-5-11/h7-8,11H,3-6,10H2,1-2H3/t8-/m0/s1. The van der Waals surface area contributed by atoms with E-state index in [1.54, 1.807) is 0 Å². The van der Waals surface area contributed by atoms with E-state index in [0.29, 0.717) is 12.5 Å². The molecule has 0 saturated heterocycles. The maximum Gasteiger partial charge on any atom is 0.322 e. The van der Waals surface area contributed by atoms with Crippen LogP contribution in [0.1, 0.15) is 26.7 Å². The molecule has 0 saturated carbocycles. The zero-order valence-corrected chi connectivity index (χ0v) is 8.32. The molecule has 4 nitrogen and oxygen atoms in total. The van der Waals surface area contributed by atoms with Gasteiger partial charge in [-0.25, -0.2) is 0 Å². The van der Waals surface area contributed by atoms with Crippen LogP contribution in [-0.2, 0) is 9.53 Å². The summed E-state index contributed by atoms with van der Waals surface area (Å²) in [5, 5.41) is 8.51. The van der Waals surface area contributed by atoms with Gasteiger partial charge in [-0.2, -0.15) is 0 Å². The Morgan fingerprint density at radius 3 is 2.54 bits per heavy atom. The summed E-state index contributed by atoms with van der Waals surface area (Å²) in [6.45, 7) is 4.44. The number of aliphatic hydroxyl groups excluding tert-OH is 1. The van der Waals surface area contributed by atoms with Crippen molar-refractivity contribution in [1.29, 1.82) is 0 Å². The molecule has 4 heteroatoms. The van der Waals surface area contributed by atoms with Crippen LogP contribution in [0.5, 0.6) is 0 Å². The molecule has 0 radical (unpaired) electrons. The van der Waals surface area contributed by atoms with Gasteiger partial charge in [-0.3, -0.25) is 4.79 Å². The number of nitrogens with two attached hydrogens (primary N) is 1. The minimum atomic E-state index is -0.683. The first-order chi connectivity index (χ1) is 6.07. The number of hydrogen-bond acceptors (Lipinski definition) is 4. The third kappa shape index (κ3) is 6.54. The molecular formula is C9H19NO3. The minimum absolute atomic E-state index is 0.0829. The molecule has 13 heavy (non-hydrogen) atoms. The molecule has 0 fully saturated rings. The van der Waals surface area contributed by atoms with Crippen molar-refractivity contribution in [2.24, 2.45) is 11.7 Å². The second kappa shape index (κ2) is 6.86. The fourth-order valence-corrected chi connectivity index (χ4v) is 0.759. The Balaban J connectivity index is 3.50. The van der Waals surface area contributed by atoms with Crippen molar-refractivity contribution in [1.82, 2.24) is 0 Å². The highest BCUT2D eigenvalue weighted by molar-refractivity contribution is 5.75. The van der Waals surface area contributed by atoms with Crippen molar-refractivity contribution >= 4 is 5.97 Å². The quantitative estimate of drug-likeness (QED) is 0.589. The fourth-order valence-electron chi connectivity index (χ4n) is 0.759. The first-order valence-corrected chi connectivity index (χ1v) is 4.61. The Bertz CT molecular complexity index is 148. The topological polar surface area (TPSA) is 72.5 Å². The number of esters is 1. The molecular weight excluding hydrogens is 170 g/mol. The van der Waals surface area contributed by atoms with Crippen LogP contribution in [0, 0.1) is 5.92 Å². The molecule has 0 bridgehead atoms. The summed E-state index contributed by atoms with van der Waals surface area (Å²) in [6.07, 6.45) is 1.11. The van der Waals surface area contributed by atoms with Gasteiger partial charge in [0, 0.05) is 6.61 Å². The molecule has 0 aliphatic heterocycles. The molecule has 0 aromatic carbocycles. The van der Waals surface area contributed by atoms with Crippen LogP contribution in [-0.4, -0.2) is 30.3 Å². The zero-order chi connectivity index (χ0) is 10.3. The van der Waals surface area contributed by atoms with Crippen molar-refractivity contribution in [3.8, 4) is 0 Å². The lowest BCUT2D eigenvalue weighted by atomic mass is 10.1. The molecule has 0 amide bonds. The molecule has 0 aliphatic rings. The van der Waals surface area contributed by atoms with E-state index in [1.165, 1.54) is 0 Å². The molecule has 0 spiro atoms. The van der Waals surface area contributed by atoms with Gasteiger partial charge < -0.3 is 15.6 Å². The van der Waals surface area contributed by atoms with Crippen LogP contribution in [0.4, 0.5) is 0 Å². The molecule has 3 N–H and O–H groups in total. The minimum Gasteiger partial charge on any atom is -0.465 e. The lowest BCUT2D eigenvalue weighted by molar-refractivity contribution is -0.145. The number of rotatable bonds is 6. The Labute approximate surface area is 79.1 Å². The molecule has 0 aromatic rings. The van der Waals surface area contributed by atoms with E-state index in [4.69, 9.17) is 15.6 Å². The Kier molecular flexibility index (Phi) is 6.54. The maximum absolute atomic E-state index is 11.1. The van der Waals surface area contributed by atoms with Gasteiger partial charge in [0.25, 0.3) is 0 Å². The average Bonchev–Trinajstić information content (AvgIpc) is 2.04. The van der Waals surface area contributed by atoms with Gasteiger partial charge in [-0.15, -0.1) is 0 Å². The highest BCUT2D eigenvalue weighted by Gasteiger charge is 2.13. The average molecular weight is 189 g/mol. The normalized spacial score (nSPS) is 13.0. The van der Waals surface area contributed by atoms with Gasteiger partial charge in [0.05, 0.1) is 6.61 Å². The molecule has 0 aromatic heterocycles. The monoisotopic (exact) mass is 189 g/mol. The summed E-state index contributed by atoms with van der Waals surface area (Å²) in [7, 11) is 0. The van der Waals surface area contributed by atoms with E-state index in [0.717, 1.165) is 6.42 Å². The highest BCUT2D eigenvalue weighted by Crippen LogP contribution is 2.00. The largest absolute Gasteiger partial charge is 0.465 e. The van der Waals surface area contributed by atoms with Crippen molar-refractivity contribution in [2.45, 2.75) is 32.7 Å². The number of aliphatic hydroxyl groups is 1. The molecule has 1 atom stereocenters. The third-order valence-corrected chi connectivity index (χ3v) is 1.68. The van der Waals surface area contributed by atoms with Crippen LogP contribution in [0.25, 0.3) is 0 Å². The maximum atomic E-state index is 11.1. The van der Waals surface area contributed by atoms with E-state index in [1.807, 2.05) is 0 Å². The first-order valence-electron chi connectivity index (χ1n) is 4.61. The predicted octanol–water partition coefficient (Wildman–Crippen LogP) is 0.285. The SMILES string of the molecule is CC(C)CCOC(=O)[C@@H](N)CCO. The van der Waals surface area contributed by atoms with Gasteiger partial charge in [-0.1, -0.05) is 13.8 Å².